The third-order valence-corrected chi connectivity index (χ3v) is 3.81. The number of hydrogen-bond acceptors (Lipinski definition) is 3. The maximum absolute atomic E-state index is 9.04. The molecule has 1 aliphatic rings. The van der Waals surface area contributed by atoms with Crippen LogP contribution in [0.4, 0.5) is 0 Å². The monoisotopic (exact) mass is 189 g/mol. The van der Waals surface area contributed by atoms with E-state index < -0.39 is 0 Å². The Morgan fingerprint density at radius 3 is 2.58 bits per heavy atom. The van der Waals surface area contributed by atoms with Crippen molar-refractivity contribution in [3.05, 3.63) is 0 Å². The van der Waals surface area contributed by atoms with Crippen LogP contribution in [-0.4, -0.2) is 35.3 Å². The lowest BCUT2D eigenvalue weighted by molar-refractivity contribution is 0.250. The van der Waals surface area contributed by atoms with Gasteiger partial charge < -0.3 is 10.4 Å². The molecule has 0 bridgehead atoms. The average Bonchev–Trinajstić information content (AvgIpc) is 1.99. The predicted octanol–water partition coefficient (Wildman–Crippen LogP) is 1.24. The fourth-order valence-electron chi connectivity index (χ4n) is 1.49. The first-order valence-electron chi connectivity index (χ1n) is 4.67. The summed E-state index contributed by atoms with van der Waals surface area (Å²) in [6.07, 6.45) is 6.06. The van der Waals surface area contributed by atoms with Crippen LogP contribution in [0.3, 0.4) is 0 Å². The molecule has 1 fully saturated rings. The van der Waals surface area contributed by atoms with Crippen molar-refractivity contribution in [1.82, 2.24) is 5.32 Å². The highest BCUT2D eigenvalue weighted by Gasteiger charge is 2.22. The molecule has 2 nitrogen and oxygen atoms in total. The van der Waals surface area contributed by atoms with Gasteiger partial charge in [0.1, 0.15) is 0 Å². The van der Waals surface area contributed by atoms with Gasteiger partial charge in [0.05, 0.1) is 6.61 Å². The van der Waals surface area contributed by atoms with Crippen molar-refractivity contribution >= 4 is 11.8 Å². The standard InChI is InChI=1S/C9H19NOS/c1-7(9(6-11)12-2)10-8-4-3-5-8/h7-11H,3-6H2,1-2H3. The normalized spacial score (nSPS) is 23.2. The topological polar surface area (TPSA) is 32.3 Å². The van der Waals surface area contributed by atoms with Crippen molar-refractivity contribution < 1.29 is 5.11 Å². The third kappa shape index (κ3) is 2.64. The van der Waals surface area contributed by atoms with Gasteiger partial charge in [0, 0.05) is 17.3 Å². The lowest BCUT2D eigenvalue weighted by Gasteiger charge is -2.32. The van der Waals surface area contributed by atoms with Gasteiger partial charge in [-0.05, 0) is 26.0 Å². The molecular formula is C9H19NOS. The van der Waals surface area contributed by atoms with Gasteiger partial charge in [0.25, 0.3) is 0 Å². The smallest absolute Gasteiger partial charge is 0.0564 e. The van der Waals surface area contributed by atoms with Gasteiger partial charge in [-0.2, -0.15) is 11.8 Å². The van der Waals surface area contributed by atoms with Crippen molar-refractivity contribution in [2.75, 3.05) is 12.9 Å². The molecule has 1 rings (SSSR count). The molecule has 0 aromatic rings. The van der Waals surface area contributed by atoms with Gasteiger partial charge in [-0.15, -0.1) is 0 Å². The molecule has 1 aliphatic carbocycles. The molecule has 72 valence electrons. The zero-order valence-corrected chi connectivity index (χ0v) is 8.73. The fraction of sp³-hybridized carbons (Fsp3) is 1.00. The van der Waals surface area contributed by atoms with E-state index in [4.69, 9.17) is 5.11 Å². The Balaban J connectivity index is 2.19. The molecule has 0 heterocycles. The molecule has 2 N–H and O–H groups in total. The highest BCUT2D eigenvalue weighted by Crippen LogP contribution is 2.20. The first-order valence-corrected chi connectivity index (χ1v) is 5.96. The molecule has 2 atom stereocenters. The van der Waals surface area contributed by atoms with Gasteiger partial charge in [-0.25, -0.2) is 0 Å². The summed E-state index contributed by atoms with van der Waals surface area (Å²) in [5.74, 6) is 0. The summed E-state index contributed by atoms with van der Waals surface area (Å²) < 4.78 is 0. The maximum atomic E-state index is 9.04. The summed E-state index contributed by atoms with van der Waals surface area (Å²) in [6.45, 7) is 2.44. The molecular weight excluding hydrogens is 170 g/mol. The fourth-order valence-corrected chi connectivity index (χ4v) is 2.13. The van der Waals surface area contributed by atoms with E-state index in [2.05, 4.69) is 18.5 Å². The van der Waals surface area contributed by atoms with Gasteiger partial charge in [-0.3, -0.25) is 0 Å². The number of rotatable bonds is 5. The van der Waals surface area contributed by atoms with Crippen LogP contribution in [0.2, 0.25) is 0 Å². The van der Waals surface area contributed by atoms with Gasteiger partial charge in [-0.1, -0.05) is 6.42 Å². The zero-order valence-electron chi connectivity index (χ0n) is 7.92. The van der Waals surface area contributed by atoms with Crippen LogP contribution in [0.1, 0.15) is 26.2 Å². The first kappa shape index (κ1) is 10.4. The Hall–Kier alpha value is 0.270. The lowest BCUT2D eigenvalue weighted by Crippen LogP contribution is -2.46. The van der Waals surface area contributed by atoms with E-state index in [9.17, 15) is 0 Å². The summed E-state index contributed by atoms with van der Waals surface area (Å²) >= 11 is 1.74. The average molecular weight is 189 g/mol. The second-order valence-corrected chi connectivity index (χ2v) is 4.62. The van der Waals surface area contributed by atoms with E-state index in [0.717, 1.165) is 6.04 Å². The number of aliphatic hydroxyl groups excluding tert-OH is 1. The highest BCUT2D eigenvalue weighted by atomic mass is 32.2. The van der Waals surface area contributed by atoms with Crippen molar-refractivity contribution in [1.29, 1.82) is 0 Å². The molecule has 0 aliphatic heterocycles. The SMILES string of the molecule is CSC(CO)C(C)NC1CCC1. The van der Waals surface area contributed by atoms with Crippen LogP contribution in [0, 0.1) is 0 Å². The molecule has 1 saturated carbocycles. The Labute approximate surface area is 79.1 Å². The Kier molecular flexibility index (Phi) is 4.40. The van der Waals surface area contributed by atoms with E-state index in [1.807, 2.05) is 0 Å². The summed E-state index contributed by atoms with van der Waals surface area (Å²) in [7, 11) is 0. The Morgan fingerprint density at radius 2 is 2.25 bits per heavy atom. The van der Waals surface area contributed by atoms with Crippen LogP contribution in [0.25, 0.3) is 0 Å². The first-order chi connectivity index (χ1) is 5.77. The van der Waals surface area contributed by atoms with Crippen molar-refractivity contribution in [2.45, 2.75) is 43.5 Å². The quantitative estimate of drug-likeness (QED) is 0.682. The van der Waals surface area contributed by atoms with Crippen molar-refractivity contribution in [3.8, 4) is 0 Å². The highest BCUT2D eigenvalue weighted by molar-refractivity contribution is 7.99. The zero-order chi connectivity index (χ0) is 8.97. The third-order valence-electron chi connectivity index (χ3n) is 2.64. The van der Waals surface area contributed by atoms with Gasteiger partial charge in [0.2, 0.25) is 0 Å². The summed E-state index contributed by atoms with van der Waals surface area (Å²) in [4.78, 5) is 0. The lowest BCUT2D eigenvalue weighted by atomic mass is 9.92. The predicted molar refractivity (Wildman–Crippen MR) is 54.6 cm³/mol. The molecule has 0 aromatic carbocycles. The Morgan fingerprint density at radius 1 is 1.58 bits per heavy atom. The van der Waals surface area contributed by atoms with Gasteiger partial charge >= 0.3 is 0 Å². The van der Waals surface area contributed by atoms with Crippen molar-refractivity contribution in [2.24, 2.45) is 0 Å². The number of hydrogen-bond donors (Lipinski definition) is 2. The van der Waals surface area contributed by atoms with E-state index in [1.165, 1.54) is 19.3 Å². The van der Waals surface area contributed by atoms with Crippen LogP contribution >= 0.6 is 11.8 Å². The van der Waals surface area contributed by atoms with E-state index >= 15 is 0 Å². The minimum absolute atomic E-state index is 0.280. The van der Waals surface area contributed by atoms with E-state index in [-0.39, 0.29) is 6.61 Å². The molecule has 12 heavy (non-hydrogen) atoms. The number of aliphatic hydroxyl groups is 1. The van der Waals surface area contributed by atoms with Crippen LogP contribution in [0.15, 0.2) is 0 Å². The van der Waals surface area contributed by atoms with Gasteiger partial charge in [0.15, 0.2) is 0 Å². The molecule has 0 radical (unpaired) electrons. The molecule has 2 unspecified atom stereocenters. The summed E-state index contributed by atoms with van der Waals surface area (Å²) in [5.41, 5.74) is 0. The Bertz CT molecular complexity index is 124. The molecule has 0 spiro atoms. The number of thioether (sulfide) groups is 1. The minimum atomic E-state index is 0.280. The second-order valence-electron chi connectivity index (χ2n) is 3.54. The summed E-state index contributed by atoms with van der Waals surface area (Å²) in [6, 6.07) is 1.16. The van der Waals surface area contributed by atoms with E-state index in [0.29, 0.717) is 11.3 Å². The summed E-state index contributed by atoms with van der Waals surface area (Å²) in [5, 5.41) is 12.9. The largest absolute Gasteiger partial charge is 0.395 e. The number of nitrogens with one attached hydrogen (secondary N) is 1. The van der Waals surface area contributed by atoms with Crippen LogP contribution in [-0.2, 0) is 0 Å². The second kappa shape index (κ2) is 5.10. The van der Waals surface area contributed by atoms with Crippen molar-refractivity contribution in [3.63, 3.8) is 0 Å². The molecule has 3 heteroatoms. The molecule has 0 aromatic heterocycles. The molecule has 0 saturated heterocycles. The van der Waals surface area contributed by atoms with Crippen LogP contribution < -0.4 is 5.32 Å². The van der Waals surface area contributed by atoms with Crippen LogP contribution in [0.5, 0.6) is 0 Å². The molecule has 0 amide bonds. The maximum Gasteiger partial charge on any atom is 0.0564 e. The van der Waals surface area contributed by atoms with E-state index in [1.54, 1.807) is 11.8 Å². The minimum Gasteiger partial charge on any atom is -0.395 e.